The van der Waals surface area contributed by atoms with E-state index < -0.39 is 41.2 Å². The minimum atomic E-state index is -5.08. The van der Waals surface area contributed by atoms with E-state index in [2.05, 4.69) is 0 Å². The molecule has 248 valence electrons. The maximum atomic E-state index is 14.5. The summed E-state index contributed by atoms with van der Waals surface area (Å²) in [5.41, 5.74) is 5.29. The van der Waals surface area contributed by atoms with Gasteiger partial charge >= 0.3 is 24.1 Å². The number of carboxylic acids is 1. The first kappa shape index (κ1) is 37.4. The number of carbonyl (C=O) groups is 4. The molecule has 1 amide bonds. The number of carbonyl (C=O) groups excluding carboxylic acids is 3. The number of amidine groups is 1. The van der Waals surface area contributed by atoms with Gasteiger partial charge < -0.3 is 25.2 Å². The number of ether oxygens (including phenoxy) is 2. The van der Waals surface area contributed by atoms with E-state index in [1.54, 1.807) is 19.2 Å². The van der Waals surface area contributed by atoms with Crippen molar-refractivity contribution in [2.75, 3.05) is 13.6 Å². The predicted molar refractivity (Wildman–Crippen MR) is 161 cm³/mol. The van der Waals surface area contributed by atoms with E-state index >= 15 is 0 Å². The molecule has 0 aliphatic rings. The fraction of sp³-hybridized carbons (Fsp3) is 0.323. The highest BCUT2D eigenvalue weighted by molar-refractivity contribution is 7.14. The summed E-state index contributed by atoms with van der Waals surface area (Å²) in [6.45, 7) is 3.78. The molecule has 10 nitrogen and oxygen atoms in total. The summed E-state index contributed by atoms with van der Waals surface area (Å²) in [7, 11) is 1.58. The monoisotopic (exact) mass is 667 g/mol. The van der Waals surface area contributed by atoms with Crippen molar-refractivity contribution in [2.24, 2.45) is 11.1 Å². The minimum Gasteiger partial charge on any atom is -0.475 e. The predicted octanol–water partition coefficient (Wildman–Crippen LogP) is 5.57. The van der Waals surface area contributed by atoms with E-state index in [1.807, 2.05) is 44.2 Å². The average molecular weight is 668 g/mol. The van der Waals surface area contributed by atoms with Gasteiger partial charge in [-0.3, -0.25) is 15.0 Å². The molecule has 3 aromatic rings. The van der Waals surface area contributed by atoms with E-state index in [-0.39, 0.29) is 35.2 Å². The van der Waals surface area contributed by atoms with Crippen LogP contribution in [0.1, 0.15) is 52.4 Å². The van der Waals surface area contributed by atoms with Crippen LogP contribution in [-0.2, 0) is 32.1 Å². The van der Waals surface area contributed by atoms with Gasteiger partial charge in [0.1, 0.15) is 23.9 Å². The van der Waals surface area contributed by atoms with Crippen LogP contribution in [0.3, 0.4) is 0 Å². The number of amides is 1. The molecule has 15 heteroatoms. The number of benzene rings is 2. The van der Waals surface area contributed by atoms with E-state index in [9.17, 15) is 31.9 Å². The third kappa shape index (κ3) is 10.4. The van der Waals surface area contributed by atoms with Gasteiger partial charge in [0.05, 0.1) is 11.0 Å². The number of nitrogens with zero attached hydrogens (tertiary/aromatic N) is 1. The molecule has 46 heavy (non-hydrogen) atoms. The molecule has 0 atom stereocenters. The third-order valence-electron chi connectivity index (χ3n) is 6.84. The van der Waals surface area contributed by atoms with Gasteiger partial charge in [0.2, 0.25) is 5.91 Å². The number of hydrogen-bond acceptors (Lipinski definition) is 8. The van der Waals surface area contributed by atoms with Crippen molar-refractivity contribution in [2.45, 2.75) is 45.9 Å². The summed E-state index contributed by atoms with van der Waals surface area (Å²) in [6, 6.07) is 16.7. The number of rotatable bonds is 12. The third-order valence-corrected chi connectivity index (χ3v) is 7.90. The van der Waals surface area contributed by atoms with Crippen LogP contribution in [0, 0.1) is 16.6 Å². The van der Waals surface area contributed by atoms with E-state index in [4.69, 9.17) is 30.5 Å². The molecule has 0 radical (unpaired) electrons. The Morgan fingerprint density at radius 1 is 0.978 bits per heavy atom. The van der Waals surface area contributed by atoms with Gasteiger partial charge in [-0.25, -0.2) is 14.0 Å². The number of esters is 2. The number of alkyl halides is 3. The average Bonchev–Trinajstić information content (AvgIpc) is 3.48. The number of aliphatic carboxylic acids is 1. The summed E-state index contributed by atoms with van der Waals surface area (Å²) in [6.07, 6.45) is -3.69. The van der Waals surface area contributed by atoms with Gasteiger partial charge in [-0.2, -0.15) is 13.2 Å². The van der Waals surface area contributed by atoms with Gasteiger partial charge in [0, 0.05) is 11.9 Å². The summed E-state index contributed by atoms with van der Waals surface area (Å²) >= 11 is 1.16. The Morgan fingerprint density at radius 2 is 1.59 bits per heavy atom. The van der Waals surface area contributed by atoms with Crippen LogP contribution in [0.25, 0.3) is 0 Å². The second kappa shape index (κ2) is 16.5. The topological polar surface area (TPSA) is 160 Å². The van der Waals surface area contributed by atoms with Crippen LogP contribution in [-0.4, -0.2) is 59.4 Å². The van der Waals surface area contributed by atoms with Crippen LogP contribution >= 0.6 is 11.3 Å². The Morgan fingerprint density at radius 3 is 2.13 bits per heavy atom. The van der Waals surface area contributed by atoms with Crippen molar-refractivity contribution in [1.82, 2.24) is 4.90 Å². The van der Waals surface area contributed by atoms with Gasteiger partial charge in [-0.05, 0) is 49.1 Å². The van der Waals surface area contributed by atoms with Gasteiger partial charge in [0.25, 0.3) is 0 Å². The van der Waals surface area contributed by atoms with E-state index in [1.165, 1.54) is 23.1 Å². The Balaban J connectivity index is 0.000000942. The van der Waals surface area contributed by atoms with Crippen LogP contribution < -0.4 is 10.5 Å². The highest BCUT2D eigenvalue weighted by atomic mass is 32.1. The number of nitrogens with one attached hydrogen (secondary N) is 1. The molecule has 0 spiro atoms. The molecule has 0 aliphatic carbocycles. The Hall–Kier alpha value is -4.79. The molecule has 0 fully saturated rings. The summed E-state index contributed by atoms with van der Waals surface area (Å²) in [5, 5.41) is 14.6. The molecule has 0 saturated heterocycles. The zero-order valence-corrected chi connectivity index (χ0v) is 26.0. The second-order valence-electron chi connectivity index (χ2n) is 9.96. The normalized spacial score (nSPS) is 11.1. The fourth-order valence-electron chi connectivity index (χ4n) is 4.20. The number of nitrogen functional groups attached to an aromatic ring is 1. The number of nitrogens with two attached hydrogens (primary N) is 1. The number of likely N-dealkylation sites (N-methyl/N-ethyl adjacent to an activating group) is 1. The maximum Gasteiger partial charge on any atom is 0.490 e. The summed E-state index contributed by atoms with van der Waals surface area (Å²) in [4.78, 5) is 49.9. The number of thiophene rings is 1. The Kier molecular flexibility index (Phi) is 13.4. The van der Waals surface area contributed by atoms with E-state index in [0.717, 1.165) is 21.8 Å². The van der Waals surface area contributed by atoms with Crippen LogP contribution in [0.15, 0.2) is 60.7 Å². The van der Waals surface area contributed by atoms with Crippen LogP contribution in [0.2, 0.25) is 0 Å². The SMILES string of the molecule is CCC(CC)(Cc1ccc(C(=O)Oc2cccc(C(=N)N)c2F)s1)C(=O)N(C)CC(=O)OCc1ccccc1.O=C(O)C(F)(F)F. The highest BCUT2D eigenvalue weighted by Gasteiger charge is 2.39. The van der Waals surface area contributed by atoms with Crippen molar-refractivity contribution in [3.8, 4) is 5.75 Å². The largest absolute Gasteiger partial charge is 0.490 e. The van der Waals surface area contributed by atoms with Crippen LogP contribution in [0.4, 0.5) is 17.6 Å². The minimum absolute atomic E-state index is 0.130. The number of hydrogen-bond donors (Lipinski definition) is 3. The van der Waals surface area contributed by atoms with E-state index in [0.29, 0.717) is 19.3 Å². The highest BCUT2D eigenvalue weighted by Crippen LogP contribution is 2.36. The number of halogens is 4. The fourth-order valence-corrected chi connectivity index (χ4v) is 5.22. The molecule has 4 N–H and O–H groups in total. The molecule has 1 heterocycles. The van der Waals surface area contributed by atoms with Gasteiger partial charge in [0.15, 0.2) is 11.6 Å². The lowest BCUT2D eigenvalue weighted by Crippen LogP contribution is -2.45. The van der Waals surface area contributed by atoms with Crippen LogP contribution in [0.5, 0.6) is 5.75 Å². The Bertz CT molecular complexity index is 1540. The Labute approximate surface area is 266 Å². The molecular formula is C31H33F4N3O7S. The van der Waals surface area contributed by atoms with Crippen molar-refractivity contribution in [1.29, 1.82) is 5.41 Å². The van der Waals surface area contributed by atoms with Crippen molar-refractivity contribution in [3.05, 3.63) is 87.4 Å². The zero-order valence-electron chi connectivity index (χ0n) is 25.2. The van der Waals surface area contributed by atoms with Crippen molar-refractivity contribution < 1.29 is 51.3 Å². The molecule has 2 aromatic carbocycles. The molecule has 3 rings (SSSR count). The molecule has 0 aliphatic heterocycles. The molecule has 1 aromatic heterocycles. The quantitative estimate of drug-likeness (QED) is 0.0743. The van der Waals surface area contributed by atoms with Crippen molar-refractivity contribution >= 4 is 41.0 Å². The summed E-state index contributed by atoms with van der Waals surface area (Å²) in [5.74, 6) is -5.89. The smallest absolute Gasteiger partial charge is 0.475 e. The molecule has 0 unspecified atom stereocenters. The first-order chi connectivity index (χ1) is 21.5. The maximum absolute atomic E-state index is 14.5. The first-order valence-corrected chi connectivity index (χ1v) is 14.5. The second-order valence-corrected chi connectivity index (χ2v) is 11.1. The molecular weight excluding hydrogens is 634 g/mol. The van der Waals surface area contributed by atoms with Gasteiger partial charge in [-0.1, -0.05) is 50.2 Å². The lowest BCUT2D eigenvalue weighted by atomic mass is 9.77. The van der Waals surface area contributed by atoms with Crippen molar-refractivity contribution in [3.63, 3.8) is 0 Å². The zero-order chi connectivity index (χ0) is 34.7. The molecule has 0 bridgehead atoms. The summed E-state index contributed by atoms with van der Waals surface area (Å²) < 4.78 is 56.8. The lowest BCUT2D eigenvalue weighted by molar-refractivity contribution is -0.192. The number of carboxylic acid groups (broad SMARTS) is 1. The molecule has 0 saturated carbocycles. The first-order valence-electron chi connectivity index (χ1n) is 13.7. The lowest BCUT2D eigenvalue weighted by Gasteiger charge is -2.33. The standard InChI is InChI=1S/C29H32FN3O5S.C2HF3O2/c1-4-29(5-2,28(36)33(3)17-24(34)37-18-19-10-7-6-8-11-19)16-20-14-15-23(39-20)27(35)38-22-13-9-12-21(25(22)30)26(31)32;3-2(4,5)1(6)7/h6-15H,4-5,16-18H2,1-3H3,(H3,31,32);(H,6,7). The van der Waals surface area contributed by atoms with Gasteiger partial charge in [-0.15, -0.1) is 11.3 Å².